The summed E-state index contributed by atoms with van der Waals surface area (Å²) in [5.41, 5.74) is 7.09. The van der Waals surface area contributed by atoms with Crippen molar-refractivity contribution in [1.29, 1.82) is 0 Å². The number of rotatable bonds is 7. The molecule has 0 radical (unpaired) electrons. The average molecular weight is 389 g/mol. The Kier molecular flexibility index (Phi) is 7.92. The van der Waals surface area contributed by atoms with E-state index in [2.05, 4.69) is 29.1 Å². The van der Waals surface area contributed by atoms with Crippen LogP contribution in [-0.2, 0) is 4.79 Å². The molecule has 8 heteroatoms. The third-order valence-electron chi connectivity index (χ3n) is 4.32. The lowest BCUT2D eigenvalue weighted by atomic mass is 9.94. The number of halogens is 1. The van der Waals surface area contributed by atoms with Crippen molar-refractivity contribution in [3.8, 4) is 0 Å². The fourth-order valence-electron chi connectivity index (χ4n) is 2.22. The number of hydrogen-bond acceptors (Lipinski definition) is 6. The van der Waals surface area contributed by atoms with Crippen LogP contribution in [0, 0.1) is 13.8 Å². The molecule has 0 aliphatic carbocycles. The van der Waals surface area contributed by atoms with Gasteiger partial charge < -0.3 is 11.1 Å². The Bertz CT molecular complexity index is 701. The largest absolute Gasteiger partial charge is 0.354 e. The molecule has 0 unspecified atom stereocenters. The molecule has 0 aliphatic heterocycles. The van der Waals surface area contributed by atoms with E-state index in [-0.39, 0.29) is 23.9 Å². The number of carbonyl (C=O) groups is 1. The van der Waals surface area contributed by atoms with Crippen molar-refractivity contribution < 1.29 is 4.79 Å². The summed E-state index contributed by atoms with van der Waals surface area (Å²) in [4.78, 5) is 23.0. The van der Waals surface area contributed by atoms with Gasteiger partial charge in [0.25, 0.3) is 0 Å². The summed E-state index contributed by atoms with van der Waals surface area (Å²) in [6.45, 7) is 8.76. The molecule has 0 saturated carbocycles. The molecule has 0 saturated heterocycles. The third kappa shape index (κ3) is 4.81. The van der Waals surface area contributed by atoms with Gasteiger partial charge in [0.15, 0.2) is 0 Å². The minimum Gasteiger partial charge on any atom is -0.354 e. The first-order valence-corrected chi connectivity index (χ1v) is 9.59. The molecule has 3 N–H and O–H groups in total. The van der Waals surface area contributed by atoms with E-state index < -0.39 is 0 Å². The molecule has 0 spiro atoms. The molecular weight excluding hydrogens is 364 g/mol. The van der Waals surface area contributed by atoms with Gasteiger partial charge in [-0.1, -0.05) is 25.6 Å². The SMILES string of the molecule is CCC(N)(CC)CNC(=O)CSc1ncnc2sc(C)c(C)c12.Cl. The van der Waals surface area contributed by atoms with Gasteiger partial charge in [-0.05, 0) is 32.3 Å². The Morgan fingerprint density at radius 1 is 1.33 bits per heavy atom. The van der Waals surface area contributed by atoms with Crippen LogP contribution in [0.5, 0.6) is 0 Å². The molecule has 0 aromatic carbocycles. The van der Waals surface area contributed by atoms with Crippen LogP contribution in [0.1, 0.15) is 37.1 Å². The lowest BCUT2D eigenvalue weighted by Crippen LogP contribution is -2.49. The van der Waals surface area contributed by atoms with Gasteiger partial charge in [0, 0.05) is 22.3 Å². The van der Waals surface area contributed by atoms with E-state index in [0.29, 0.717) is 12.3 Å². The first-order valence-electron chi connectivity index (χ1n) is 7.79. The second-order valence-corrected chi connectivity index (χ2v) is 7.94. The van der Waals surface area contributed by atoms with Gasteiger partial charge in [0.05, 0.1) is 5.75 Å². The molecule has 24 heavy (non-hydrogen) atoms. The van der Waals surface area contributed by atoms with Gasteiger partial charge in [0.1, 0.15) is 16.2 Å². The number of nitrogens with zero attached hydrogens (tertiary/aromatic N) is 2. The first kappa shape index (κ1) is 21.2. The van der Waals surface area contributed by atoms with Gasteiger partial charge in [-0.25, -0.2) is 9.97 Å². The Hall–Kier alpha value is -0.890. The fraction of sp³-hybridized carbons (Fsp3) is 0.562. The number of thioether (sulfide) groups is 1. The van der Waals surface area contributed by atoms with Crippen LogP contribution in [0.25, 0.3) is 10.2 Å². The number of nitrogens with two attached hydrogens (primary N) is 1. The smallest absolute Gasteiger partial charge is 0.230 e. The zero-order valence-electron chi connectivity index (χ0n) is 14.5. The van der Waals surface area contributed by atoms with E-state index in [4.69, 9.17) is 5.73 Å². The predicted molar refractivity (Wildman–Crippen MR) is 105 cm³/mol. The monoisotopic (exact) mass is 388 g/mol. The van der Waals surface area contributed by atoms with Crippen molar-refractivity contribution in [2.45, 2.75) is 51.1 Å². The number of hydrogen-bond donors (Lipinski definition) is 2. The van der Waals surface area contributed by atoms with Crippen molar-refractivity contribution in [3.63, 3.8) is 0 Å². The lowest BCUT2D eigenvalue weighted by molar-refractivity contribution is -0.118. The highest BCUT2D eigenvalue weighted by molar-refractivity contribution is 8.00. The van der Waals surface area contributed by atoms with Crippen LogP contribution in [0.3, 0.4) is 0 Å². The summed E-state index contributed by atoms with van der Waals surface area (Å²) >= 11 is 3.12. The molecule has 2 rings (SSSR count). The lowest BCUT2D eigenvalue weighted by Gasteiger charge is -2.26. The van der Waals surface area contributed by atoms with Crippen LogP contribution in [0.15, 0.2) is 11.4 Å². The van der Waals surface area contributed by atoms with E-state index in [1.165, 1.54) is 22.2 Å². The van der Waals surface area contributed by atoms with Crippen LogP contribution in [0.4, 0.5) is 0 Å². The number of carbonyl (C=O) groups excluding carboxylic acids is 1. The summed E-state index contributed by atoms with van der Waals surface area (Å²) in [6.07, 6.45) is 3.25. The summed E-state index contributed by atoms with van der Waals surface area (Å²) in [6, 6.07) is 0. The van der Waals surface area contributed by atoms with E-state index in [1.54, 1.807) is 17.7 Å². The maximum Gasteiger partial charge on any atom is 0.230 e. The molecule has 0 aliphatic rings. The predicted octanol–water partition coefficient (Wildman–Crippen LogP) is 3.46. The van der Waals surface area contributed by atoms with Gasteiger partial charge in [-0.15, -0.1) is 23.7 Å². The van der Waals surface area contributed by atoms with Crippen molar-refractivity contribution in [1.82, 2.24) is 15.3 Å². The van der Waals surface area contributed by atoms with Gasteiger partial charge >= 0.3 is 0 Å². The molecule has 5 nitrogen and oxygen atoms in total. The highest BCUT2D eigenvalue weighted by Crippen LogP contribution is 2.34. The number of aryl methyl sites for hydroxylation is 2. The van der Waals surface area contributed by atoms with Crippen LogP contribution in [-0.4, -0.2) is 33.7 Å². The van der Waals surface area contributed by atoms with Gasteiger partial charge in [-0.3, -0.25) is 4.79 Å². The fourth-order valence-corrected chi connectivity index (χ4v) is 4.17. The molecule has 0 fully saturated rings. The Morgan fingerprint density at radius 3 is 2.62 bits per heavy atom. The zero-order chi connectivity index (χ0) is 17.0. The van der Waals surface area contributed by atoms with E-state index in [0.717, 1.165) is 28.1 Å². The Labute approximate surface area is 157 Å². The van der Waals surface area contributed by atoms with Crippen LogP contribution < -0.4 is 11.1 Å². The summed E-state index contributed by atoms with van der Waals surface area (Å²) in [7, 11) is 0. The summed E-state index contributed by atoms with van der Waals surface area (Å²) in [5, 5.41) is 4.88. The highest BCUT2D eigenvalue weighted by Gasteiger charge is 2.21. The second kappa shape index (κ2) is 8.99. The molecule has 2 aromatic rings. The molecule has 1 amide bonds. The van der Waals surface area contributed by atoms with Crippen molar-refractivity contribution in [2.24, 2.45) is 5.73 Å². The standard InChI is InChI=1S/C16H24N4OS2.ClH/c1-5-16(17,6-2)8-18-12(21)7-22-14-13-10(3)11(4)23-15(13)20-9-19-14;/h9H,5-8,17H2,1-4H3,(H,18,21);1H. The normalized spacial score (nSPS) is 11.4. The molecule has 134 valence electrons. The van der Waals surface area contributed by atoms with Gasteiger partial charge in [0.2, 0.25) is 5.91 Å². The quantitative estimate of drug-likeness (QED) is 0.560. The number of aromatic nitrogens is 2. The minimum absolute atomic E-state index is 0. The number of fused-ring (bicyclic) bond motifs is 1. The topological polar surface area (TPSA) is 80.9 Å². The van der Waals surface area contributed by atoms with E-state index >= 15 is 0 Å². The number of nitrogens with one attached hydrogen (secondary N) is 1. The van der Waals surface area contributed by atoms with Gasteiger partial charge in [-0.2, -0.15) is 0 Å². The average Bonchev–Trinajstić information content (AvgIpc) is 2.85. The van der Waals surface area contributed by atoms with Crippen molar-refractivity contribution in [3.05, 3.63) is 16.8 Å². The first-order chi connectivity index (χ1) is 10.9. The molecule has 0 bridgehead atoms. The molecular formula is C16H25ClN4OS2. The maximum absolute atomic E-state index is 12.1. The highest BCUT2D eigenvalue weighted by atomic mass is 35.5. The minimum atomic E-state index is -0.316. The molecule has 2 heterocycles. The molecule has 2 aromatic heterocycles. The van der Waals surface area contributed by atoms with Crippen molar-refractivity contribution >= 4 is 51.6 Å². The van der Waals surface area contributed by atoms with E-state index in [1.807, 2.05) is 13.8 Å². The Morgan fingerprint density at radius 2 is 2.00 bits per heavy atom. The number of thiophene rings is 1. The molecule has 0 atom stereocenters. The second-order valence-electron chi connectivity index (χ2n) is 5.78. The van der Waals surface area contributed by atoms with Crippen LogP contribution in [0.2, 0.25) is 0 Å². The Balaban J connectivity index is 0.00000288. The summed E-state index contributed by atoms with van der Waals surface area (Å²) in [5.74, 6) is 0.326. The summed E-state index contributed by atoms with van der Waals surface area (Å²) < 4.78 is 0. The maximum atomic E-state index is 12.1. The van der Waals surface area contributed by atoms with Crippen LogP contribution >= 0.6 is 35.5 Å². The third-order valence-corrected chi connectivity index (χ3v) is 6.42. The van der Waals surface area contributed by atoms with E-state index in [9.17, 15) is 4.79 Å². The number of amides is 1. The zero-order valence-corrected chi connectivity index (χ0v) is 17.0. The van der Waals surface area contributed by atoms with Crippen molar-refractivity contribution in [2.75, 3.05) is 12.3 Å².